The molecule has 0 aromatic carbocycles. The summed E-state index contributed by atoms with van der Waals surface area (Å²) in [6.07, 6.45) is -6.07. The van der Waals surface area contributed by atoms with E-state index >= 15 is 0 Å². The van der Waals surface area contributed by atoms with Crippen molar-refractivity contribution in [3.63, 3.8) is 0 Å². The maximum atomic E-state index is 9.77. The average molecular weight is 270 g/mol. The van der Waals surface area contributed by atoms with Crippen molar-refractivity contribution in [1.82, 2.24) is 0 Å². The van der Waals surface area contributed by atoms with E-state index < -0.39 is 31.0 Å². The van der Waals surface area contributed by atoms with Gasteiger partial charge in [0.25, 0.3) is 0 Å². The Balaban J connectivity index is 0. The van der Waals surface area contributed by atoms with E-state index in [2.05, 4.69) is 0 Å². The van der Waals surface area contributed by atoms with Gasteiger partial charge in [-0.1, -0.05) is 0 Å². The van der Waals surface area contributed by atoms with Crippen LogP contribution in [-0.4, -0.2) is 62.8 Å². The molecule has 76 valence electrons. The van der Waals surface area contributed by atoms with E-state index in [4.69, 9.17) is 25.5 Å². The summed E-state index contributed by atoms with van der Waals surface area (Å²) in [5.41, 5.74) is 0. The SMILES string of the molecule is O=[C-][C@H](O)[C@@H](O)[C@H](O)[C@H](O)CO.[Zr]. The summed E-state index contributed by atoms with van der Waals surface area (Å²) >= 11 is 0. The zero-order chi connectivity index (χ0) is 9.72. The van der Waals surface area contributed by atoms with E-state index in [0.29, 0.717) is 0 Å². The molecule has 4 atom stereocenters. The Bertz CT molecular complexity index is 143. The third-order valence-corrected chi connectivity index (χ3v) is 1.38. The van der Waals surface area contributed by atoms with Gasteiger partial charge in [-0.3, -0.25) is 0 Å². The summed E-state index contributed by atoms with van der Waals surface area (Å²) in [5, 5.41) is 43.4. The van der Waals surface area contributed by atoms with Crippen LogP contribution in [0.5, 0.6) is 0 Å². The van der Waals surface area contributed by atoms with Gasteiger partial charge in [-0.25, -0.2) is 6.29 Å². The molecule has 0 heterocycles. The predicted molar refractivity (Wildman–Crippen MR) is 36.8 cm³/mol. The summed E-state index contributed by atoms with van der Waals surface area (Å²) < 4.78 is 0. The van der Waals surface area contributed by atoms with Gasteiger partial charge < -0.3 is 30.3 Å². The second-order valence-electron chi connectivity index (χ2n) is 2.29. The first-order chi connectivity index (χ1) is 5.54. The van der Waals surface area contributed by atoms with Crippen LogP contribution in [0.1, 0.15) is 0 Å². The Hall–Kier alpha value is 0.353. The molecule has 0 aromatic rings. The summed E-state index contributed by atoms with van der Waals surface area (Å²) in [6.45, 7) is -0.774. The first-order valence-corrected chi connectivity index (χ1v) is 3.25. The molecule has 0 aromatic heterocycles. The molecular weight excluding hydrogens is 259 g/mol. The zero-order valence-electron chi connectivity index (χ0n) is 6.66. The Morgan fingerprint density at radius 1 is 1.08 bits per heavy atom. The number of aliphatic hydroxyl groups is 5. The summed E-state index contributed by atoms with van der Waals surface area (Å²) in [5.74, 6) is 0. The zero-order valence-corrected chi connectivity index (χ0v) is 9.12. The maximum absolute atomic E-state index is 9.77. The van der Waals surface area contributed by atoms with Gasteiger partial charge in [0.1, 0.15) is 12.2 Å². The predicted octanol–water partition coefficient (Wildman–Crippen LogP) is -3.47. The molecule has 0 radical (unpaired) electrons. The van der Waals surface area contributed by atoms with Crippen LogP contribution in [0.4, 0.5) is 0 Å². The summed E-state index contributed by atoms with van der Waals surface area (Å²) in [6, 6.07) is 0. The molecule has 6 nitrogen and oxygen atoms in total. The molecule has 0 fully saturated rings. The first-order valence-electron chi connectivity index (χ1n) is 3.25. The molecule has 0 spiro atoms. The van der Waals surface area contributed by atoms with Crippen LogP contribution in [0, 0.1) is 0 Å². The van der Waals surface area contributed by atoms with Gasteiger partial charge >= 0.3 is 0 Å². The number of hydrogen-bond acceptors (Lipinski definition) is 6. The van der Waals surface area contributed by atoms with Crippen molar-refractivity contribution in [3.05, 3.63) is 0 Å². The number of rotatable bonds is 5. The van der Waals surface area contributed by atoms with Gasteiger partial charge in [-0.15, -0.1) is 0 Å². The summed E-state index contributed by atoms with van der Waals surface area (Å²) in [4.78, 5) is 9.77. The van der Waals surface area contributed by atoms with Gasteiger partial charge in [-0.05, 0) is 6.10 Å². The smallest absolute Gasteiger partial charge is 0.108 e. The molecule has 0 bridgehead atoms. The minimum atomic E-state index is -1.89. The molecule has 0 aliphatic carbocycles. The van der Waals surface area contributed by atoms with Crippen molar-refractivity contribution in [1.29, 1.82) is 0 Å². The third kappa shape index (κ3) is 4.95. The fourth-order valence-electron chi connectivity index (χ4n) is 0.592. The van der Waals surface area contributed by atoms with Gasteiger partial charge in [0.2, 0.25) is 0 Å². The van der Waals surface area contributed by atoms with Crippen molar-refractivity contribution in [2.24, 2.45) is 0 Å². The van der Waals surface area contributed by atoms with Crippen molar-refractivity contribution in [3.8, 4) is 0 Å². The molecule has 5 N–H and O–H groups in total. The standard InChI is InChI=1S/C6H11O6.Zr/c7-1-3(9)5(11)6(12)4(10)2-8;/h3-7,9-12H,1H2;/q-1;/t3-,4+,5-,6-;/m1./s1. The third-order valence-electron chi connectivity index (χ3n) is 1.38. The van der Waals surface area contributed by atoms with Gasteiger partial charge in [0.05, 0.1) is 12.7 Å². The number of aliphatic hydroxyl groups excluding tert-OH is 5. The van der Waals surface area contributed by atoms with Crippen LogP contribution in [-0.2, 0) is 31.0 Å². The molecule has 0 aliphatic heterocycles. The fraction of sp³-hybridized carbons (Fsp3) is 0.833. The van der Waals surface area contributed by atoms with Crippen LogP contribution < -0.4 is 0 Å². The molecule has 0 saturated carbocycles. The first kappa shape index (κ1) is 15.8. The average Bonchev–Trinajstić information content (AvgIpc) is 2.12. The quantitative estimate of drug-likeness (QED) is 0.331. The van der Waals surface area contributed by atoms with Gasteiger partial charge in [0.15, 0.2) is 0 Å². The normalized spacial score (nSPS) is 19.5. The van der Waals surface area contributed by atoms with Crippen molar-refractivity contribution in [2.45, 2.75) is 24.4 Å². The second-order valence-corrected chi connectivity index (χ2v) is 2.29. The van der Waals surface area contributed by atoms with Crippen LogP contribution in [0.3, 0.4) is 0 Å². The van der Waals surface area contributed by atoms with E-state index in [-0.39, 0.29) is 26.2 Å². The topological polar surface area (TPSA) is 118 Å². The van der Waals surface area contributed by atoms with Crippen LogP contribution in [0.15, 0.2) is 0 Å². The van der Waals surface area contributed by atoms with E-state index in [1.807, 2.05) is 0 Å². The summed E-state index contributed by atoms with van der Waals surface area (Å²) in [7, 11) is 0. The maximum Gasteiger partial charge on any atom is 0.108 e. The van der Waals surface area contributed by atoms with E-state index in [1.54, 1.807) is 0 Å². The fourth-order valence-corrected chi connectivity index (χ4v) is 0.592. The molecule has 0 amide bonds. The van der Waals surface area contributed by atoms with Crippen LogP contribution in [0.2, 0.25) is 0 Å². The second kappa shape index (κ2) is 7.73. The molecule has 13 heavy (non-hydrogen) atoms. The minimum Gasteiger partial charge on any atom is -0.539 e. The Morgan fingerprint density at radius 3 is 1.85 bits per heavy atom. The van der Waals surface area contributed by atoms with Crippen molar-refractivity contribution < 1.29 is 56.5 Å². The largest absolute Gasteiger partial charge is 0.539 e. The molecule has 7 heteroatoms. The molecule has 0 rings (SSSR count). The minimum absolute atomic E-state index is 0. The molecule has 0 saturated heterocycles. The molecular formula is C6H11O6Zr-. The van der Waals surface area contributed by atoms with Crippen LogP contribution >= 0.6 is 0 Å². The number of hydrogen-bond donors (Lipinski definition) is 5. The molecule has 0 aliphatic rings. The van der Waals surface area contributed by atoms with Crippen molar-refractivity contribution in [2.75, 3.05) is 6.61 Å². The monoisotopic (exact) mass is 269 g/mol. The van der Waals surface area contributed by atoms with E-state index in [1.165, 1.54) is 0 Å². The van der Waals surface area contributed by atoms with Gasteiger partial charge in [-0.2, -0.15) is 0 Å². The van der Waals surface area contributed by atoms with Crippen LogP contribution in [0.25, 0.3) is 0 Å². The number of carbonyl (C=O) groups excluding carboxylic acids is 1. The van der Waals surface area contributed by atoms with E-state index in [0.717, 1.165) is 6.29 Å². The van der Waals surface area contributed by atoms with Crippen molar-refractivity contribution >= 4 is 6.29 Å². The Kier molecular flexibility index (Phi) is 9.40. The Labute approximate surface area is 93.9 Å². The van der Waals surface area contributed by atoms with E-state index in [9.17, 15) is 4.79 Å². The Morgan fingerprint density at radius 2 is 1.54 bits per heavy atom. The van der Waals surface area contributed by atoms with Gasteiger partial charge in [0, 0.05) is 26.2 Å². The molecule has 0 unspecified atom stereocenters.